The molecule has 3 rings (SSSR count). The lowest BCUT2D eigenvalue weighted by atomic mass is 10.2. The van der Waals surface area contributed by atoms with Crippen molar-refractivity contribution in [1.82, 2.24) is 19.6 Å². The maximum Gasteiger partial charge on any atom is 0.236 e. The van der Waals surface area contributed by atoms with E-state index in [-0.39, 0.29) is 11.8 Å². The van der Waals surface area contributed by atoms with Gasteiger partial charge in [0.15, 0.2) is 0 Å². The Bertz CT molecular complexity index is 442. The summed E-state index contributed by atoms with van der Waals surface area (Å²) in [5.41, 5.74) is 0. The fourth-order valence-electron chi connectivity index (χ4n) is 3.49. The van der Waals surface area contributed by atoms with E-state index < -0.39 is 0 Å². The van der Waals surface area contributed by atoms with Crippen LogP contribution in [0, 0.1) is 0 Å². The zero-order valence-corrected chi connectivity index (χ0v) is 15.0. The molecule has 3 fully saturated rings. The number of amides is 2. The number of nitrogens with zero attached hydrogens (tertiary/aromatic N) is 4. The Morgan fingerprint density at radius 1 is 0.640 bits per heavy atom. The summed E-state index contributed by atoms with van der Waals surface area (Å²) >= 11 is 0. The van der Waals surface area contributed by atoms with Crippen LogP contribution in [0.3, 0.4) is 0 Å². The molecule has 0 N–H and O–H groups in total. The van der Waals surface area contributed by atoms with Crippen LogP contribution in [0.1, 0.15) is 6.42 Å². The summed E-state index contributed by atoms with van der Waals surface area (Å²) < 4.78 is 10.6. The molecular formula is C17H30N4O4. The average Bonchev–Trinajstić information content (AvgIpc) is 2.68. The number of piperazine rings is 1. The van der Waals surface area contributed by atoms with E-state index in [4.69, 9.17) is 9.47 Å². The van der Waals surface area contributed by atoms with E-state index in [1.54, 1.807) is 0 Å². The van der Waals surface area contributed by atoms with Crippen molar-refractivity contribution in [3.8, 4) is 0 Å². The third kappa shape index (κ3) is 5.64. The number of hydrogen-bond donors (Lipinski definition) is 0. The van der Waals surface area contributed by atoms with E-state index in [2.05, 4.69) is 9.80 Å². The van der Waals surface area contributed by atoms with Gasteiger partial charge in [-0.25, -0.2) is 0 Å². The lowest BCUT2D eigenvalue weighted by Crippen LogP contribution is -2.53. The monoisotopic (exact) mass is 354 g/mol. The van der Waals surface area contributed by atoms with Crippen LogP contribution in [0.25, 0.3) is 0 Å². The summed E-state index contributed by atoms with van der Waals surface area (Å²) in [4.78, 5) is 33.0. The van der Waals surface area contributed by atoms with E-state index in [1.165, 1.54) is 0 Å². The van der Waals surface area contributed by atoms with Crippen molar-refractivity contribution < 1.29 is 19.1 Å². The van der Waals surface area contributed by atoms with Crippen LogP contribution in [-0.2, 0) is 19.1 Å². The minimum Gasteiger partial charge on any atom is -0.379 e. The van der Waals surface area contributed by atoms with Gasteiger partial charge in [-0.1, -0.05) is 0 Å². The molecule has 3 aliphatic rings. The zero-order valence-electron chi connectivity index (χ0n) is 15.0. The molecule has 3 saturated heterocycles. The van der Waals surface area contributed by atoms with E-state index in [9.17, 15) is 9.59 Å². The third-order valence-electron chi connectivity index (χ3n) is 5.19. The van der Waals surface area contributed by atoms with Gasteiger partial charge >= 0.3 is 0 Å². The molecule has 8 heteroatoms. The quantitative estimate of drug-likeness (QED) is 0.612. The number of rotatable bonds is 5. The van der Waals surface area contributed by atoms with Gasteiger partial charge in [0, 0.05) is 65.3 Å². The molecule has 0 bridgehead atoms. The Morgan fingerprint density at radius 2 is 1.12 bits per heavy atom. The predicted octanol–water partition coefficient (Wildman–Crippen LogP) is -1.29. The van der Waals surface area contributed by atoms with Crippen LogP contribution in [0.4, 0.5) is 0 Å². The van der Waals surface area contributed by atoms with Gasteiger partial charge in [-0.2, -0.15) is 0 Å². The lowest BCUT2D eigenvalue weighted by Gasteiger charge is -2.36. The van der Waals surface area contributed by atoms with Crippen molar-refractivity contribution in [2.24, 2.45) is 0 Å². The molecule has 0 aromatic heterocycles. The molecule has 142 valence electrons. The topological polar surface area (TPSA) is 65.6 Å². The first-order valence-corrected chi connectivity index (χ1v) is 9.38. The fourth-order valence-corrected chi connectivity index (χ4v) is 3.49. The molecule has 25 heavy (non-hydrogen) atoms. The van der Waals surface area contributed by atoms with Gasteiger partial charge in [-0.15, -0.1) is 0 Å². The van der Waals surface area contributed by atoms with Crippen LogP contribution in [-0.4, -0.2) is 123 Å². The molecule has 0 aliphatic carbocycles. The van der Waals surface area contributed by atoms with Crippen molar-refractivity contribution in [1.29, 1.82) is 0 Å². The molecule has 0 radical (unpaired) electrons. The highest BCUT2D eigenvalue weighted by Crippen LogP contribution is 2.07. The maximum atomic E-state index is 12.4. The number of carbonyl (C=O) groups excluding carboxylic acids is 2. The number of carbonyl (C=O) groups is 2. The van der Waals surface area contributed by atoms with Crippen molar-refractivity contribution in [3.63, 3.8) is 0 Å². The summed E-state index contributed by atoms with van der Waals surface area (Å²) in [5, 5.41) is 0. The van der Waals surface area contributed by atoms with Crippen LogP contribution in [0.15, 0.2) is 0 Å². The molecule has 8 nitrogen and oxygen atoms in total. The van der Waals surface area contributed by atoms with Crippen molar-refractivity contribution >= 4 is 11.8 Å². The number of hydrogen-bond acceptors (Lipinski definition) is 6. The highest BCUT2D eigenvalue weighted by molar-refractivity contribution is 5.79. The summed E-state index contributed by atoms with van der Waals surface area (Å²) in [6.07, 6.45) is 0.557. The van der Waals surface area contributed by atoms with Gasteiger partial charge in [0.1, 0.15) is 0 Å². The highest BCUT2D eigenvalue weighted by atomic mass is 16.5. The predicted molar refractivity (Wildman–Crippen MR) is 92.3 cm³/mol. The zero-order chi connectivity index (χ0) is 17.5. The van der Waals surface area contributed by atoms with Crippen molar-refractivity contribution in [2.75, 3.05) is 91.9 Å². The van der Waals surface area contributed by atoms with Crippen LogP contribution < -0.4 is 0 Å². The molecule has 3 aliphatic heterocycles. The van der Waals surface area contributed by atoms with Gasteiger partial charge in [0.05, 0.1) is 33.0 Å². The van der Waals surface area contributed by atoms with E-state index in [0.717, 1.165) is 45.9 Å². The molecule has 0 aromatic rings. The molecule has 0 atom stereocenters. The second-order valence-electron chi connectivity index (χ2n) is 6.85. The molecular weight excluding hydrogens is 324 g/mol. The summed E-state index contributed by atoms with van der Waals surface area (Å²) in [6.45, 7) is 10.3. The smallest absolute Gasteiger partial charge is 0.236 e. The van der Waals surface area contributed by atoms with Gasteiger partial charge < -0.3 is 19.3 Å². The van der Waals surface area contributed by atoms with E-state index in [1.807, 2.05) is 9.80 Å². The van der Waals surface area contributed by atoms with E-state index >= 15 is 0 Å². The first kappa shape index (κ1) is 18.6. The molecule has 0 saturated carbocycles. The number of morpholine rings is 2. The minimum atomic E-state index is 0.169. The Kier molecular flexibility index (Phi) is 7.03. The van der Waals surface area contributed by atoms with Gasteiger partial charge in [0.2, 0.25) is 11.8 Å². The van der Waals surface area contributed by atoms with Crippen LogP contribution >= 0.6 is 0 Å². The van der Waals surface area contributed by atoms with Gasteiger partial charge in [-0.05, 0) is 0 Å². The number of ether oxygens (including phenoxy) is 2. The molecule has 3 heterocycles. The maximum absolute atomic E-state index is 12.4. The summed E-state index contributed by atoms with van der Waals surface area (Å²) in [7, 11) is 0. The Labute approximate surface area is 149 Å². The SMILES string of the molecule is O=C(CCN1CCOCC1)N1CCN(C(=O)CN2CCOCC2)CC1. The lowest BCUT2D eigenvalue weighted by molar-refractivity contribution is -0.141. The van der Waals surface area contributed by atoms with Crippen LogP contribution in [0.5, 0.6) is 0 Å². The minimum absolute atomic E-state index is 0.169. The molecule has 2 amide bonds. The summed E-state index contributed by atoms with van der Waals surface area (Å²) in [6, 6.07) is 0. The van der Waals surface area contributed by atoms with Gasteiger partial charge in [0.25, 0.3) is 0 Å². The largest absolute Gasteiger partial charge is 0.379 e. The standard InChI is InChI=1S/C17H30N4O4/c22-16(1-2-18-7-11-24-12-8-18)20-3-5-21(6-4-20)17(23)15-19-9-13-25-14-10-19/h1-15H2. The Balaban J connectivity index is 1.34. The first-order chi connectivity index (χ1) is 12.2. The fraction of sp³-hybridized carbons (Fsp3) is 0.882. The van der Waals surface area contributed by atoms with E-state index in [0.29, 0.717) is 52.4 Å². The van der Waals surface area contributed by atoms with Gasteiger partial charge in [-0.3, -0.25) is 19.4 Å². The molecule has 0 unspecified atom stereocenters. The normalized spacial score (nSPS) is 23.7. The molecule has 0 aromatic carbocycles. The van der Waals surface area contributed by atoms with Crippen LogP contribution in [0.2, 0.25) is 0 Å². The molecule has 0 spiro atoms. The average molecular weight is 354 g/mol. The Morgan fingerprint density at radius 3 is 1.68 bits per heavy atom. The second kappa shape index (κ2) is 9.47. The Hall–Kier alpha value is -1.22. The first-order valence-electron chi connectivity index (χ1n) is 9.38. The third-order valence-corrected chi connectivity index (χ3v) is 5.19. The van der Waals surface area contributed by atoms with Crippen molar-refractivity contribution in [2.45, 2.75) is 6.42 Å². The highest BCUT2D eigenvalue weighted by Gasteiger charge is 2.26. The second-order valence-corrected chi connectivity index (χ2v) is 6.85. The summed E-state index contributed by atoms with van der Waals surface area (Å²) in [5.74, 6) is 0.370. The van der Waals surface area contributed by atoms with Crippen molar-refractivity contribution in [3.05, 3.63) is 0 Å².